The average Bonchev–Trinajstić information content (AvgIpc) is 3.35. The van der Waals surface area contributed by atoms with Crippen molar-refractivity contribution in [2.45, 2.75) is 37.5 Å². The highest BCUT2D eigenvalue weighted by Crippen LogP contribution is 2.41. The number of carbonyl (C=O) groups excluding carboxylic acids is 2. The first-order chi connectivity index (χ1) is 17.2. The Kier molecular flexibility index (Phi) is 5.79. The molecule has 2 aromatic carbocycles. The van der Waals surface area contributed by atoms with Crippen LogP contribution in [0.2, 0.25) is 0 Å². The molecule has 5 rings (SSSR count). The van der Waals surface area contributed by atoms with Crippen LogP contribution < -0.4 is 11.2 Å². The standard InChI is InChI=1S/C26H23N3O7/c1-15-14-28(25(34)27-21(15)30)19-13-26(35,12-11-16-7-3-2-4-8-16)20(36-19)24(33)29-22(31)17-9-5-6-10-18(17)23(29)32/h2-12,14,19-20,24,33,35H,13H2,1H3,(H,27,30,34)/t19-,20-,24?,26+/m1/s1. The lowest BCUT2D eigenvalue weighted by Gasteiger charge is -2.32. The minimum Gasteiger partial charge on any atom is -0.383 e. The fourth-order valence-corrected chi connectivity index (χ4v) is 4.57. The second-order valence-electron chi connectivity index (χ2n) is 8.87. The van der Waals surface area contributed by atoms with Gasteiger partial charge in [-0.1, -0.05) is 48.5 Å². The number of aliphatic hydroxyl groups excluding tert-OH is 1. The molecule has 184 valence electrons. The summed E-state index contributed by atoms with van der Waals surface area (Å²) in [6.45, 7) is 1.51. The quantitative estimate of drug-likeness (QED) is 0.457. The van der Waals surface area contributed by atoms with Gasteiger partial charge in [0.1, 0.15) is 17.9 Å². The number of rotatable bonds is 5. The van der Waals surface area contributed by atoms with Gasteiger partial charge in [0.25, 0.3) is 17.4 Å². The van der Waals surface area contributed by atoms with E-state index in [1.54, 1.807) is 30.3 Å². The Labute approximate surface area is 204 Å². The van der Waals surface area contributed by atoms with E-state index in [0.29, 0.717) is 4.90 Å². The highest BCUT2D eigenvalue weighted by Gasteiger charge is 2.54. The molecule has 3 heterocycles. The van der Waals surface area contributed by atoms with Crippen molar-refractivity contribution in [2.75, 3.05) is 0 Å². The Morgan fingerprint density at radius 2 is 1.64 bits per heavy atom. The normalized spacial score (nSPS) is 24.5. The van der Waals surface area contributed by atoms with E-state index in [2.05, 4.69) is 4.98 Å². The number of imide groups is 1. The summed E-state index contributed by atoms with van der Waals surface area (Å²) in [6.07, 6.45) is -0.340. The molecule has 3 aromatic rings. The maximum Gasteiger partial charge on any atom is 0.330 e. The summed E-state index contributed by atoms with van der Waals surface area (Å²) in [5.74, 6) is -1.44. The number of carbonyl (C=O) groups is 2. The molecule has 2 amide bonds. The Morgan fingerprint density at radius 1 is 1.03 bits per heavy atom. The minimum atomic E-state index is -1.89. The van der Waals surface area contributed by atoms with Crippen LogP contribution in [-0.4, -0.2) is 54.4 Å². The first kappa shape index (κ1) is 23.6. The van der Waals surface area contributed by atoms with Gasteiger partial charge in [0.05, 0.1) is 11.1 Å². The van der Waals surface area contributed by atoms with Crippen molar-refractivity contribution < 1.29 is 24.5 Å². The Morgan fingerprint density at radius 3 is 2.28 bits per heavy atom. The molecule has 0 aliphatic carbocycles. The van der Waals surface area contributed by atoms with Gasteiger partial charge >= 0.3 is 5.69 Å². The second kappa shape index (κ2) is 8.83. The SMILES string of the molecule is Cc1cn([C@H]2C[C@@](O)(C=Cc3ccccc3)[C@@H](C(O)N3C(=O)c4ccccc4C3=O)O2)c(=O)[nH]c1=O. The maximum atomic E-state index is 13.0. The van der Waals surface area contributed by atoms with E-state index in [1.165, 1.54) is 31.3 Å². The summed E-state index contributed by atoms with van der Waals surface area (Å²) in [6, 6.07) is 15.2. The molecule has 10 nitrogen and oxygen atoms in total. The van der Waals surface area contributed by atoms with Gasteiger partial charge in [-0.25, -0.2) is 9.69 Å². The fourth-order valence-electron chi connectivity index (χ4n) is 4.57. The molecular formula is C26H23N3O7. The third-order valence-corrected chi connectivity index (χ3v) is 6.48. The zero-order valence-electron chi connectivity index (χ0n) is 19.2. The summed E-state index contributed by atoms with van der Waals surface area (Å²) in [4.78, 5) is 53.1. The van der Waals surface area contributed by atoms with Crippen molar-refractivity contribution in [3.05, 3.63) is 110 Å². The third kappa shape index (κ3) is 3.91. The molecule has 1 aromatic heterocycles. The molecule has 1 saturated heterocycles. The minimum absolute atomic E-state index is 0.131. The Bertz CT molecular complexity index is 1460. The molecule has 4 atom stereocenters. The number of benzene rings is 2. The Balaban J connectivity index is 1.54. The van der Waals surface area contributed by atoms with Crippen LogP contribution in [0.25, 0.3) is 6.08 Å². The van der Waals surface area contributed by atoms with Crippen LogP contribution in [0.15, 0.2) is 76.5 Å². The van der Waals surface area contributed by atoms with Crippen molar-refractivity contribution in [1.82, 2.24) is 14.5 Å². The van der Waals surface area contributed by atoms with E-state index >= 15 is 0 Å². The number of fused-ring (bicyclic) bond motifs is 1. The average molecular weight is 489 g/mol. The third-order valence-electron chi connectivity index (χ3n) is 6.48. The van der Waals surface area contributed by atoms with Crippen LogP contribution in [-0.2, 0) is 4.74 Å². The van der Waals surface area contributed by atoms with Crippen molar-refractivity contribution in [2.24, 2.45) is 0 Å². The zero-order valence-corrected chi connectivity index (χ0v) is 19.2. The van der Waals surface area contributed by atoms with Crippen LogP contribution in [0.5, 0.6) is 0 Å². The monoisotopic (exact) mass is 489 g/mol. The number of aryl methyl sites for hydroxylation is 1. The molecule has 1 fully saturated rings. The molecule has 3 N–H and O–H groups in total. The predicted molar refractivity (Wildman–Crippen MR) is 128 cm³/mol. The lowest BCUT2D eigenvalue weighted by Crippen LogP contribution is -2.54. The first-order valence-electron chi connectivity index (χ1n) is 11.3. The van der Waals surface area contributed by atoms with Crippen LogP contribution in [0.1, 0.15) is 44.5 Å². The second-order valence-corrected chi connectivity index (χ2v) is 8.87. The Hall–Kier alpha value is -4.12. The van der Waals surface area contributed by atoms with Crippen LogP contribution in [0.4, 0.5) is 0 Å². The summed E-state index contributed by atoms with van der Waals surface area (Å²) in [5, 5.41) is 22.9. The molecule has 0 bridgehead atoms. The molecular weight excluding hydrogens is 466 g/mol. The van der Waals surface area contributed by atoms with Gasteiger partial charge in [0.2, 0.25) is 0 Å². The van der Waals surface area contributed by atoms with Crippen molar-refractivity contribution >= 4 is 17.9 Å². The topological polar surface area (TPSA) is 142 Å². The molecule has 2 aliphatic heterocycles. The number of aliphatic hydroxyl groups is 2. The number of aromatic nitrogens is 2. The van der Waals surface area contributed by atoms with Gasteiger partial charge in [0, 0.05) is 18.2 Å². The van der Waals surface area contributed by atoms with Crippen molar-refractivity contribution in [3.8, 4) is 0 Å². The summed E-state index contributed by atoms with van der Waals surface area (Å²) in [7, 11) is 0. The van der Waals surface area contributed by atoms with E-state index in [1.807, 2.05) is 18.2 Å². The number of hydrogen-bond acceptors (Lipinski definition) is 7. The van der Waals surface area contributed by atoms with Gasteiger partial charge in [-0.05, 0) is 30.7 Å². The highest BCUT2D eigenvalue weighted by molar-refractivity contribution is 6.21. The van der Waals surface area contributed by atoms with Gasteiger partial charge in [0.15, 0.2) is 6.23 Å². The number of hydrogen-bond donors (Lipinski definition) is 3. The summed E-state index contributed by atoms with van der Waals surface area (Å²) >= 11 is 0. The van der Waals surface area contributed by atoms with Crippen LogP contribution in [0.3, 0.4) is 0 Å². The zero-order chi connectivity index (χ0) is 25.6. The number of nitrogens with zero attached hydrogens (tertiary/aromatic N) is 2. The van der Waals surface area contributed by atoms with E-state index in [-0.39, 0.29) is 23.1 Å². The summed E-state index contributed by atoms with van der Waals surface area (Å²) < 4.78 is 7.04. The van der Waals surface area contributed by atoms with Gasteiger partial charge in [-0.2, -0.15) is 0 Å². The number of ether oxygens (including phenoxy) is 1. The first-order valence-corrected chi connectivity index (χ1v) is 11.3. The lowest BCUT2D eigenvalue weighted by molar-refractivity contribution is -0.133. The highest BCUT2D eigenvalue weighted by atomic mass is 16.6. The van der Waals surface area contributed by atoms with Gasteiger partial charge in [-0.15, -0.1) is 0 Å². The fraction of sp³-hybridized carbons (Fsp3) is 0.231. The van der Waals surface area contributed by atoms with Gasteiger partial charge < -0.3 is 14.9 Å². The molecule has 36 heavy (non-hydrogen) atoms. The molecule has 0 spiro atoms. The van der Waals surface area contributed by atoms with Crippen LogP contribution >= 0.6 is 0 Å². The predicted octanol–water partition coefficient (Wildman–Crippen LogP) is 1.19. The van der Waals surface area contributed by atoms with Crippen molar-refractivity contribution in [3.63, 3.8) is 0 Å². The largest absolute Gasteiger partial charge is 0.383 e. The number of aromatic amines is 1. The molecule has 2 aliphatic rings. The lowest BCUT2D eigenvalue weighted by atomic mass is 9.91. The van der Waals surface area contributed by atoms with Gasteiger partial charge in [-0.3, -0.25) is 23.9 Å². The van der Waals surface area contributed by atoms with E-state index in [0.717, 1.165) is 10.1 Å². The molecule has 1 unspecified atom stereocenters. The number of amides is 2. The van der Waals surface area contributed by atoms with E-state index in [9.17, 15) is 29.4 Å². The van der Waals surface area contributed by atoms with E-state index < -0.39 is 47.2 Å². The number of H-pyrrole nitrogens is 1. The molecule has 0 saturated carbocycles. The van der Waals surface area contributed by atoms with E-state index in [4.69, 9.17) is 4.74 Å². The molecule has 0 radical (unpaired) electrons. The smallest absolute Gasteiger partial charge is 0.330 e. The molecule has 10 heteroatoms. The number of nitrogens with one attached hydrogen (secondary N) is 1. The maximum absolute atomic E-state index is 13.0. The van der Waals surface area contributed by atoms with Crippen LogP contribution in [0, 0.1) is 6.92 Å². The summed E-state index contributed by atoms with van der Waals surface area (Å²) in [5.41, 5.74) is -1.96. The van der Waals surface area contributed by atoms with Crippen molar-refractivity contribution in [1.29, 1.82) is 0 Å².